The molecule has 0 unspecified atom stereocenters. The quantitative estimate of drug-likeness (QED) is 0.665. The minimum atomic E-state index is -4.53. The summed E-state index contributed by atoms with van der Waals surface area (Å²) in [5.41, 5.74) is -0.304. The number of aromatic nitrogens is 3. The Morgan fingerprint density at radius 2 is 2.03 bits per heavy atom. The average Bonchev–Trinajstić information content (AvgIpc) is 3.34. The highest BCUT2D eigenvalue weighted by Gasteiger charge is 2.57. The molecule has 1 atom stereocenters. The average molecular weight is 447 g/mol. The molecule has 0 aliphatic carbocycles. The number of ether oxygens (including phenoxy) is 2. The minimum absolute atomic E-state index is 0.168. The first-order chi connectivity index (χ1) is 15.2. The summed E-state index contributed by atoms with van der Waals surface area (Å²) in [7, 11) is 0. The van der Waals surface area contributed by atoms with E-state index < -0.39 is 17.7 Å². The molecule has 2 aromatic heterocycles. The van der Waals surface area contributed by atoms with Gasteiger partial charge in [-0.3, -0.25) is 4.79 Å². The molecule has 2 aliphatic rings. The van der Waals surface area contributed by atoms with Gasteiger partial charge >= 0.3 is 6.18 Å². The molecule has 11 heteroatoms. The van der Waals surface area contributed by atoms with Gasteiger partial charge in [0.15, 0.2) is 5.65 Å². The Kier molecular flexibility index (Phi) is 4.73. The maximum absolute atomic E-state index is 13.6. The molecule has 0 bridgehead atoms. The van der Waals surface area contributed by atoms with E-state index in [1.165, 1.54) is 10.7 Å². The van der Waals surface area contributed by atoms with Gasteiger partial charge in [-0.15, -0.1) is 0 Å². The van der Waals surface area contributed by atoms with Crippen LogP contribution in [0.1, 0.15) is 22.8 Å². The summed E-state index contributed by atoms with van der Waals surface area (Å²) in [4.78, 5) is 19.2. The molecular formula is C21H20F3N5O3. The van der Waals surface area contributed by atoms with Gasteiger partial charge in [-0.2, -0.15) is 18.3 Å². The Bertz CT molecular complexity index is 1190. The van der Waals surface area contributed by atoms with Gasteiger partial charge < -0.3 is 19.7 Å². The third kappa shape index (κ3) is 3.42. The van der Waals surface area contributed by atoms with Crippen LogP contribution in [0.25, 0.3) is 5.65 Å². The monoisotopic (exact) mass is 447 g/mol. The van der Waals surface area contributed by atoms with E-state index in [1.54, 1.807) is 30.6 Å². The third-order valence-corrected chi connectivity index (χ3v) is 5.77. The van der Waals surface area contributed by atoms with Gasteiger partial charge in [0.25, 0.3) is 5.91 Å². The molecule has 168 valence electrons. The second-order valence-corrected chi connectivity index (χ2v) is 7.98. The highest BCUT2D eigenvalue weighted by molar-refractivity contribution is 6.09. The highest BCUT2D eigenvalue weighted by atomic mass is 19.4. The van der Waals surface area contributed by atoms with E-state index in [0.29, 0.717) is 48.9 Å². The number of anilines is 2. The topological polar surface area (TPSA) is 81.0 Å². The Hall–Kier alpha value is -3.34. The van der Waals surface area contributed by atoms with Crippen LogP contribution >= 0.6 is 0 Å². The zero-order valence-corrected chi connectivity index (χ0v) is 17.1. The fourth-order valence-electron chi connectivity index (χ4n) is 3.99. The number of nitrogens with one attached hydrogen (secondary N) is 1. The molecule has 8 nitrogen and oxygen atoms in total. The largest absolute Gasteiger partial charge is 0.477 e. The number of halogens is 3. The first-order valence-corrected chi connectivity index (χ1v) is 10.1. The van der Waals surface area contributed by atoms with Gasteiger partial charge in [0.1, 0.15) is 11.3 Å². The van der Waals surface area contributed by atoms with E-state index in [1.807, 2.05) is 4.90 Å². The molecule has 5 rings (SSSR count). The van der Waals surface area contributed by atoms with Crippen LogP contribution in [0.4, 0.5) is 24.5 Å². The molecule has 3 aromatic rings. The zero-order valence-electron chi connectivity index (χ0n) is 17.1. The number of hydrogen-bond donors (Lipinski definition) is 1. The lowest BCUT2D eigenvalue weighted by Gasteiger charge is -2.31. The van der Waals surface area contributed by atoms with Crippen LogP contribution in [0.5, 0.6) is 5.75 Å². The molecule has 4 heterocycles. The van der Waals surface area contributed by atoms with Crippen LogP contribution in [0.15, 0.2) is 36.8 Å². The van der Waals surface area contributed by atoms with Crippen molar-refractivity contribution in [2.24, 2.45) is 0 Å². The number of alkyl halides is 3. The zero-order chi connectivity index (χ0) is 22.5. The SMILES string of the molecule is C[C@@]1(C(F)(F)F)Cc2cc(NC(=O)c3cnn4cccnc34)c(N3CCOCC3)cc2O1. The van der Waals surface area contributed by atoms with Crippen LogP contribution in [-0.4, -0.2) is 58.6 Å². The minimum Gasteiger partial charge on any atom is -0.477 e. The smallest absolute Gasteiger partial charge is 0.428 e. The van der Waals surface area contributed by atoms with E-state index in [4.69, 9.17) is 9.47 Å². The summed E-state index contributed by atoms with van der Waals surface area (Å²) < 4.78 is 52.9. The number of fused-ring (bicyclic) bond motifs is 2. The number of rotatable bonds is 3. The fraction of sp³-hybridized carbons (Fsp3) is 0.381. The maximum atomic E-state index is 13.6. The molecule has 1 saturated heterocycles. The summed E-state index contributed by atoms with van der Waals surface area (Å²) in [6.45, 7) is 3.06. The van der Waals surface area contributed by atoms with Crippen molar-refractivity contribution in [3.8, 4) is 5.75 Å². The van der Waals surface area contributed by atoms with Crippen molar-refractivity contribution in [1.29, 1.82) is 0 Å². The number of benzene rings is 1. The molecule has 1 amide bonds. The molecule has 0 radical (unpaired) electrons. The number of amides is 1. The molecule has 0 saturated carbocycles. The Morgan fingerprint density at radius 1 is 1.25 bits per heavy atom. The van der Waals surface area contributed by atoms with Gasteiger partial charge in [-0.25, -0.2) is 9.50 Å². The molecule has 1 aromatic carbocycles. The number of carbonyl (C=O) groups excluding carboxylic acids is 1. The predicted octanol–water partition coefficient (Wildman–Crippen LogP) is 3.07. The van der Waals surface area contributed by atoms with Crippen molar-refractivity contribution in [2.75, 3.05) is 36.5 Å². The second kappa shape index (κ2) is 7.37. The van der Waals surface area contributed by atoms with E-state index in [9.17, 15) is 18.0 Å². The first-order valence-electron chi connectivity index (χ1n) is 10.1. The molecule has 1 fully saturated rings. The predicted molar refractivity (Wildman–Crippen MR) is 109 cm³/mol. The van der Waals surface area contributed by atoms with E-state index in [-0.39, 0.29) is 17.7 Å². The third-order valence-electron chi connectivity index (χ3n) is 5.77. The molecular weight excluding hydrogens is 427 g/mol. The lowest BCUT2D eigenvalue weighted by atomic mass is 9.98. The van der Waals surface area contributed by atoms with Crippen LogP contribution in [0, 0.1) is 0 Å². The van der Waals surface area contributed by atoms with Gasteiger partial charge in [-0.1, -0.05) is 0 Å². The molecule has 0 spiro atoms. The summed E-state index contributed by atoms with van der Waals surface area (Å²) in [5.74, 6) is -0.285. The van der Waals surface area contributed by atoms with Gasteiger partial charge in [-0.05, 0) is 19.1 Å². The number of morpholine rings is 1. The van der Waals surface area contributed by atoms with Crippen molar-refractivity contribution in [3.05, 3.63) is 47.9 Å². The Balaban J connectivity index is 1.52. The highest BCUT2D eigenvalue weighted by Crippen LogP contribution is 2.47. The fourth-order valence-corrected chi connectivity index (χ4v) is 3.99. The van der Waals surface area contributed by atoms with E-state index in [0.717, 1.165) is 6.92 Å². The summed E-state index contributed by atoms with van der Waals surface area (Å²) in [6, 6.07) is 4.83. The first kappa shape index (κ1) is 20.6. The maximum Gasteiger partial charge on any atom is 0.428 e. The molecule has 2 aliphatic heterocycles. The van der Waals surface area contributed by atoms with Crippen molar-refractivity contribution >= 4 is 22.9 Å². The van der Waals surface area contributed by atoms with Crippen molar-refractivity contribution in [3.63, 3.8) is 0 Å². The van der Waals surface area contributed by atoms with Crippen LogP contribution in [0.2, 0.25) is 0 Å². The van der Waals surface area contributed by atoms with Crippen molar-refractivity contribution < 1.29 is 27.4 Å². The standard InChI is InChI=1S/C21H20F3N5O3/c1-20(21(22,23)24)11-13-9-15(16(10-17(13)32-20)28-5-7-31-8-6-28)27-19(30)14-12-26-29-4-2-3-25-18(14)29/h2-4,9-10,12H,5-8,11H2,1H3,(H,27,30)/t20-/m0/s1. The Labute approximate surface area is 180 Å². The van der Waals surface area contributed by atoms with E-state index in [2.05, 4.69) is 15.4 Å². The lowest BCUT2D eigenvalue weighted by Crippen LogP contribution is -2.46. The van der Waals surface area contributed by atoms with Gasteiger partial charge in [0.05, 0.1) is 30.8 Å². The number of carbonyl (C=O) groups is 1. The van der Waals surface area contributed by atoms with Crippen molar-refractivity contribution in [1.82, 2.24) is 14.6 Å². The number of hydrogen-bond acceptors (Lipinski definition) is 6. The normalized spacial score (nSPS) is 20.8. The van der Waals surface area contributed by atoms with Gasteiger partial charge in [0.2, 0.25) is 5.60 Å². The van der Waals surface area contributed by atoms with Crippen molar-refractivity contribution in [2.45, 2.75) is 25.1 Å². The molecule has 32 heavy (non-hydrogen) atoms. The van der Waals surface area contributed by atoms with Crippen LogP contribution in [0.3, 0.4) is 0 Å². The van der Waals surface area contributed by atoms with Gasteiger partial charge in [0, 0.05) is 43.5 Å². The summed E-state index contributed by atoms with van der Waals surface area (Å²) >= 11 is 0. The summed E-state index contributed by atoms with van der Waals surface area (Å²) in [5, 5.41) is 6.97. The number of nitrogens with zero attached hydrogens (tertiary/aromatic N) is 4. The lowest BCUT2D eigenvalue weighted by molar-refractivity contribution is -0.235. The van der Waals surface area contributed by atoms with Crippen LogP contribution in [-0.2, 0) is 11.2 Å². The van der Waals surface area contributed by atoms with E-state index >= 15 is 0 Å². The van der Waals surface area contributed by atoms with Crippen LogP contribution < -0.4 is 15.0 Å². The summed E-state index contributed by atoms with van der Waals surface area (Å²) in [6.07, 6.45) is -0.238. The second-order valence-electron chi connectivity index (χ2n) is 7.98. The molecule has 1 N–H and O–H groups in total. The Morgan fingerprint density at radius 3 is 2.78 bits per heavy atom.